The molecule has 2 aromatic carbocycles. The Morgan fingerprint density at radius 3 is 2.36 bits per heavy atom. The van der Waals surface area contributed by atoms with Crippen molar-refractivity contribution >= 4 is 32.8 Å². The summed E-state index contributed by atoms with van der Waals surface area (Å²) in [6, 6.07) is -2.13. The summed E-state index contributed by atoms with van der Waals surface area (Å²) in [6.45, 7) is -0.102. The number of aromatic nitrogens is 1. The van der Waals surface area contributed by atoms with Crippen molar-refractivity contribution in [2.75, 3.05) is 23.7 Å². The van der Waals surface area contributed by atoms with Gasteiger partial charge in [0.25, 0.3) is 5.92 Å². The molecule has 2 aliphatic rings. The second-order valence-corrected chi connectivity index (χ2v) is 10.4. The topological polar surface area (TPSA) is 95.8 Å². The van der Waals surface area contributed by atoms with E-state index in [0.29, 0.717) is 12.1 Å². The lowest BCUT2D eigenvalue weighted by Crippen LogP contribution is -2.51. The van der Waals surface area contributed by atoms with E-state index in [2.05, 4.69) is 5.16 Å². The van der Waals surface area contributed by atoms with Gasteiger partial charge in [0, 0.05) is 24.2 Å². The van der Waals surface area contributed by atoms with Crippen LogP contribution in [0.25, 0.3) is 22.1 Å². The van der Waals surface area contributed by atoms with Crippen LogP contribution in [0.1, 0.15) is 6.92 Å². The first-order valence-corrected chi connectivity index (χ1v) is 12.2. The van der Waals surface area contributed by atoms with Gasteiger partial charge < -0.3 is 9.42 Å². The molecular formula is C21H16F6N4O4S. The third-order valence-corrected chi connectivity index (χ3v) is 7.68. The number of hydrogen-bond donors (Lipinski definition) is 1. The SMILES string of the molecule is CCS(=O)(=O)N[C@@H]1CN2C(=O)N(c3noc4ccc(F)c(-c5c(F)cc(F)cc5F)c34)C[C@@H]2C1(F)F. The number of nitrogens with one attached hydrogen (secondary N) is 1. The van der Waals surface area contributed by atoms with Crippen LogP contribution in [-0.2, 0) is 10.0 Å². The largest absolute Gasteiger partial charge is 0.354 e. The number of amides is 2. The molecule has 0 saturated carbocycles. The lowest BCUT2D eigenvalue weighted by Gasteiger charge is -2.23. The quantitative estimate of drug-likeness (QED) is 0.505. The van der Waals surface area contributed by atoms with Gasteiger partial charge in [0.1, 0.15) is 35.4 Å². The predicted octanol–water partition coefficient (Wildman–Crippen LogP) is 3.62. The summed E-state index contributed by atoms with van der Waals surface area (Å²) in [5.41, 5.74) is -1.92. The molecule has 15 heteroatoms. The van der Waals surface area contributed by atoms with Crippen LogP contribution in [0.3, 0.4) is 0 Å². The van der Waals surface area contributed by atoms with Crippen LogP contribution in [0.15, 0.2) is 28.8 Å². The standard InChI is InChI=1S/C21H16F6N4O4S/c1-2-36(33,34)29-14-7-30-15(21(14,26)27)8-31(20(30)32)19-18-13(35-28-19)4-3-10(23)17(18)16-11(24)5-9(22)6-12(16)25/h3-6,14-15,29H,2,7-8H2,1H3/t14-,15-/m1/s1. The molecule has 2 aliphatic heterocycles. The molecule has 3 heterocycles. The second-order valence-electron chi connectivity index (χ2n) is 8.36. The van der Waals surface area contributed by atoms with Crippen molar-refractivity contribution in [2.45, 2.75) is 24.9 Å². The molecular weight excluding hydrogens is 518 g/mol. The van der Waals surface area contributed by atoms with Gasteiger partial charge in [-0.2, -0.15) is 0 Å². The summed E-state index contributed by atoms with van der Waals surface area (Å²) in [7, 11) is -4.01. The van der Waals surface area contributed by atoms with E-state index in [-0.39, 0.29) is 11.0 Å². The zero-order valence-electron chi connectivity index (χ0n) is 18.2. The Labute approximate surface area is 199 Å². The Hall–Kier alpha value is -3.33. The molecule has 0 bridgehead atoms. The number of carbonyl (C=O) groups excluding carboxylic acids is 1. The first kappa shape index (κ1) is 24.4. The Bertz CT molecular complexity index is 1490. The van der Waals surface area contributed by atoms with Crippen LogP contribution in [0.4, 0.5) is 37.0 Å². The fraction of sp³-hybridized carbons (Fsp3) is 0.333. The van der Waals surface area contributed by atoms with Crippen LogP contribution in [-0.4, -0.2) is 61.4 Å². The number of rotatable bonds is 5. The van der Waals surface area contributed by atoms with Crippen LogP contribution in [0, 0.1) is 23.3 Å². The first-order chi connectivity index (χ1) is 16.9. The smallest absolute Gasteiger partial charge is 0.326 e. The average molecular weight is 534 g/mol. The van der Waals surface area contributed by atoms with Gasteiger partial charge in [-0.25, -0.2) is 44.3 Å². The Morgan fingerprint density at radius 2 is 1.75 bits per heavy atom. The highest BCUT2D eigenvalue weighted by atomic mass is 32.2. The maximum absolute atomic E-state index is 15.1. The highest BCUT2D eigenvalue weighted by Crippen LogP contribution is 2.44. The molecule has 0 unspecified atom stereocenters. The van der Waals surface area contributed by atoms with Crippen LogP contribution < -0.4 is 9.62 Å². The van der Waals surface area contributed by atoms with Gasteiger partial charge in [-0.15, -0.1) is 0 Å². The van der Waals surface area contributed by atoms with Crippen molar-refractivity contribution in [2.24, 2.45) is 0 Å². The monoisotopic (exact) mass is 534 g/mol. The van der Waals surface area contributed by atoms with E-state index in [0.717, 1.165) is 21.9 Å². The normalized spacial score (nSPS) is 21.6. The number of benzene rings is 2. The zero-order chi connectivity index (χ0) is 26.2. The summed E-state index contributed by atoms with van der Waals surface area (Å²) >= 11 is 0. The highest BCUT2D eigenvalue weighted by Gasteiger charge is 2.63. The van der Waals surface area contributed by atoms with Crippen LogP contribution >= 0.6 is 0 Å². The molecule has 36 heavy (non-hydrogen) atoms. The van der Waals surface area contributed by atoms with Gasteiger partial charge in [0.15, 0.2) is 11.4 Å². The van der Waals surface area contributed by atoms with Crippen molar-refractivity contribution in [1.29, 1.82) is 0 Å². The number of halogens is 6. The maximum Gasteiger partial charge on any atom is 0.326 e. The molecule has 8 nitrogen and oxygen atoms in total. The summed E-state index contributed by atoms with van der Waals surface area (Å²) < 4.78 is 118. The number of alkyl halides is 2. The number of fused-ring (bicyclic) bond motifs is 2. The second kappa shape index (κ2) is 8.09. The summed E-state index contributed by atoms with van der Waals surface area (Å²) in [5.74, 6) is -9.92. The number of hydrogen-bond acceptors (Lipinski definition) is 5. The number of sulfonamides is 1. The van der Waals surface area contributed by atoms with E-state index in [1.165, 1.54) is 6.92 Å². The van der Waals surface area contributed by atoms with E-state index in [4.69, 9.17) is 4.52 Å². The lowest BCUT2D eigenvalue weighted by molar-refractivity contribution is -0.0324. The first-order valence-electron chi connectivity index (χ1n) is 10.5. The van der Waals surface area contributed by atoms with Gasteiger partial charge >= 0.3 is 6.03 Å². The van der Waals surface area contributed by atoms with E-state index in [1.54, 1.807) is 0 Å². The van der Waals surface area contributed by atoms with Crippen LogP contribution in [0.2, 0.25) is 0 Å². The minimum atomic E-state index is -4.01. The molecule has 2 atom stereocenters. The average Bonchev–Trinajstić information content (AvgIpc) is 3.42. The molecule has 1 N–H and O–H groups in total. The highest BCUT2D eigenvalue weighted by molar-refractivity contribution is 7.89. The van der Waals surface area contributed by atoms with E-state index < -0.39 is 93.1 Å². The Balaban J connectivity index is 1.59. The van der Waals surface area contributed by atoms with E-state index >= 15 is 8.78 Å². The molecule has 0 spiro atoms. The van der Waals surface area contributed by atoms with E-state index in [9.17, 15) is 30.8 Å². The van der Waals surface area contributed by atoms with E-state index in [1.807, 2.05) is 4.72 Å². The van der Waals surface area contributed by atoms with Gasteiger partial charge in [-0.05, 0) is 19.1 Å². The minimum Gasteiger partial charge on any atom is -0.354 e. The third kappa shape index (κ3) is 3.59. The van der Waals surface area contributed by atoms with Gasteiger partial charge in [0.2, 0.25) is 10.0 Å². The Kier molecular flexibility index (Phi) is 5.48. The third-order valence-electron chi connectivity index (χ3n) is 6.28. The molecule has 2 saturated heterocycles. The molecule has 3 aromatic rings. The number of anilines is 1. The van der Waals surface area contributed by atoms with Crippen molar-refractivity contribution in [3.8, 4) is 11.1 Å². The fourth-order valence-electron chi connectivity index (χ4n) is 4.52. The van der Waals surface area contributed by atoms with Crippen molar-refractivity contribution in [3.05, 3.63) is 47.5 Å². The van der Waals surface area contributed by atoms with Crippen molar-refractivity contribution in [1.82, 2.24) is 14.8 Å². The lowest BCUT2D eigenvalue weighted by atomic mass is 9.99. The molecule has 2 fully saturated rings. The summed E-state index contributed by atoms with van der Waals surface area (Å²) in [6.07, 6.45) is 0. The molecule has 0 aliphatic carbocycles. The zero-order valence-corrected chi connectivity index (χ0v) is 19.1. The number of carbonyl (C=O) groups is 1. The van der Waals surface area contributed by atoms with Crippen LogP contribution in [0.5, 0.6) is 0 Å². The Morgan fingerprint density at radius 1 is 1.08 bits per heavy atom. The van der Waals surface area contributed by atoms with Gasteiger partial charge in [0.05, 0.1) is 23.2 Å². The fourth-order valence-corrected chi connectivity index (χ4v) is 5.35. The minimum absolute atomic E-state index is 0.218. The number of urea groups is 1. The van der Waals surface area contributed by atoms with Gasteiger partial charge in [-0.3, -0.25) is 4.90 Å². The summed E-state index contributed by atoms with van der Waals surface area (Å²) in [5, 5.41) is 3.27. The molecule has 192 valence electrons. The van der Waals surface area contributed by atoms with Gasteiger partial charge in [-0.1, -0.05) is 5.16 Å². The maximum atomic E-state index is 15.1. The number of nitrogens with zero attached hydrogens (tertiary/aromatic N) is 3. The molecule has 1 aromatic heterocycles. The predicted molar refractivity (Wildman–Crippen MR) is 114 cm³/mol. The van der Waals surface area contributed by atoms with Crippen molar-refractivity contribution in [3.63, 3.8) is 0 Å². The van der Waals surface area contributed by atoms with Crippen molar-refractivity contribution < 1.29 is 44.1 Å². The molecule has 2 amide bonds. The summed E-state index contributed by atoms with van der Waals surface area (Å²) in [4.78, 5) is 14.5. The molecule has 5 rings (SSSR count). The molecule has 0 radical (unpaired) electrons.